The number of benzene rings is 2. The molecule has 7 nitrogen and oxygen atoms in total. The first-order valence-electron chi connectivity index (χ1n) is 9.73. The second-order valence-electron chi connectivity index (χ2n) is 7.59. The zero-order chi connectivity index (χ0) is 21.3. The van der Waals surface area contributed by atoms with E-state index in [0.29, 0.717) is 29.1 Å². The third-order valence-corrected chi connectivity index (χ3v) is 5.79. The minimum Gasteiger partial charge on any atom is -0.497 e. The summed E-state index contributed by atoms with van der Waals surface area (Å²) in [4.78, 5) is 36.7. The highest BCUT2D eigenvalue weighted by atomic mass is 16.5. The number of rotatable bonds is 6. The first kappa shape index (κ1) is 19.7. The number of methoxy groups -OCH3 is 1. The van der Waals surface area contributed by atoms with Crippen LogP contribution in [0.3, 0.4) is 0 Å². The first-order chi connectivity index (χ1) is 14.5. The van der Waals surface area contributed by atoms with Crippen molar-refractivity contribution in [2.24, 2.45) is 23.7 Å². The SMILES string of the molecule is COc1cccc(C(=O)Nc2ccc(NC(=O)[C@H]3[C@H](C(=O)O)[C@H]4C=C[C@H]3C4)cc2)c1. The van der Waals surface area contributed by atoms with Gasteiger partial charge in [0.05, 0.1) is 18.9 Å². The Bertz CT molecular complexity index is 1010. The van der Waals surface area contributed by atoms with Crippen LogP contribution >= 0.6 is 0 Å². The van der Waals surface area contributed by atoms with Crippen LogP contribution in [0.15, 0.2) is 60.7 Å². The Hall–Kier alpha value is -3.61. The summed E-state index contributed by atoms with van der Waals surface area (Å²) in [5.41, 5.74) is 1.60. The molecule has 0 heterocycles. The maximum atomic E-state index is 12.7. The fourth-order valence-electron chi connectivity index (χ4n) is 4.35. The van der Waals surface area contributed by atoms with Crippen molar-refractivity contribution in [2.75, 3.05) is 17.7 Å². The van der Waals surface area contributed by atoms with Gasteiger partial charge in [0.25, 0.3) is 5.91 Å². The van der Waals surface area contributed by atoms with Crippen molar-refractivity contribution in [3.8, 4) is 5.75 Å². The molecule has 0 spiro atoms. The molecule has 2 aromatic carbocycles. The molecule has 1 fully saturated rings. The number of hydrogen-bond acceptors (Lipinski definition) is 4. The van der Waals surface area contributed by atoms with Gasteiger partial charge in [0, 0.05) is 16.9 Å². The minimum atomic E-state index is -0.928. The predicted octanol–water partition coefficient (Wildman–Crippen LogP) is 3.41. The van der Waals surface area contributed by atoms with Gasteiger partial charge in [-0.3, -0.25) is 14.4 Å². The van der Waals surface area contributed by atoms with Crippen molar-refractivity contribution in [2.45, 2.75) is 6.42 Å². The monoisotopic (exact) mass is 406 g/mol. The summed E-state index contributed by atoms with van der Waals surface area (Å²) in [6.07, 6.45) is 4.57. The molecule has 7 heteroatoms. The van der Waals surface area contributed by atoms with E-state index in [1.54, 1.807) is 48.5 Å². The van der Waals surface area contributed by atoms with Gasteiger partial charge < -0.3 is 20.5 Å². The van der Waals surface area contributed by atoms with Crippen molar-refractivity contribution in [3.63, 3.8) is 0 Å². The molecule has 154 valence electrons. The molecule has 0 radical (unpaired) electrons. The maximum Gasteiger partial charge on any atom is 0.307 e. The molecule has 3 N–H and O–H groups in total. The maximum absolute atomic E-state index is 12.7. The predicted molar refractivity (Wildman–Crippen MR) is 111 cm³/mol. The number of amides is 2. The number of anilines is 2. The van der Waals surface area contributed by atoms with Crippen LogP contribution in [0.4, 0.5) is 11.4 Å². The Kier molecular flexibility index (Phi) is 5.27. The van der Waals surface area contributed by atoms with E-state index in [1.807, 2.05) is 12.2 Å². The molecule has 0 unspecified atom stereocenters. The zero-order valence-corrected chi connectivity index (χ0v) is 16.4. The standard InChI is InChI=1S/C23H22N2O5/c1-30-18-4-2-3-15(12-18)21(26)24-16-7-9-17(10-8-16)25-22(27)19-13-5-6-14(11-13)20(19)23(28)29/h2-10,12-14,19-20H,11H2,1H3,(H,24,26)(H,25,27)(H,28,29)/t13-,14-,19+,20+/m0/s1. The highest BCUT2D eigenvalue weighted by Crippen LogP contribution is 2.48. The molecule has 4 atom stereocenters. The summed E-state index contributed by atoms with van der Waals surface area (Å²) in [5, 5.41) is 15.1. The van der Waals surface area contributed by atoms with Gasteiger partial charge in [-0.2, -0.15) is 0 Å². The number of fused-ring (bicyclic) bond motifs is 2. The molecule has 30 heavy (non-hydrogen) atoms. The van der Waals surface area contributed by atoms with Crippen LogP contribution in [0.25, 0.3) is 0 Å². The topological polar surface area (TPSA) is 105 Å². The number of nitrogens with one attached hydrogen (secondary N) is 2. The Labute approximate surface area is 173 Å². The lowest BCUT2D eigenvalue weighted by atomic mass is 9.82. The molecule has 4 rings (SSSR count). The van der Waals surface area contributed by atoms with E-state index in [9.17, 15) is 19.5 Å². The van der Waals surface area contributed by atoms with Crippen molar-refractivity contribution >= 4 is 29.2 Å². The number of hydrogen-bond donors (Lipinski definition) is 3. The highest BCUT2D eigenvalue weighted by molar-refractivity contribution is 6.04. The summed E-state index contributed by atoms with van der Waals surface area (Å²) < 4.78 is 5.13. The molecule has 2 bridgehead atoms. The lowest BCUT2D eigenvalue weighted by Crippen LogP contribution is -2.36. The number of carbonyl (C=O) groups is 3. The van der Waals surface area contributed by atoms with Crippen LogP contribution in [-0.4, -0.2) is 30.0 Å². The zero-order valence-electron chi connectivity index (χ0n) is 16.4. The lowest BCUT2D eigenvalue weighted by molar-refractivity contribution is -0.146. The number of carboxylic acid groups (broad SMARTS) is 1. The third-order valence-electron chi connectivity index (χ3n) is 5.79. The Morgan fingerprint density at radius 1 is 0.933 bits per heavy atom. The largest absolute Gasteiger partial charge is 0.497 e. The fourth-order valence-corrected chi connectivity index (χ4v) is 4.35. The molecular weight excluding hydrogens is 384 g/mol. The minimum absolute atomic E-state index is 0.0301. The van der Waals surface area contributed by atoms with Gasteiger partial charge >= 0.3 is 5.97 Å². The number of aliphatic carboxylic acids is 1. The molecule has 2 aromatic rings. The second-order valence-corrected chi connectivity index (χ2v) is 7.59. The van der Waals surface area contributed by atoms with Crippen molar-refractivity contribution in [1.82, 2.24) is 0 Å². The third kappa shape index (κ3) is 3.78. The van der Waals surface area contributed by atoms with Gasteiger partial charge in [-0.1, -0.05) is 18.2 Å². The quantitative estimate of drug-likeness (QED) is 0.638. The number of ether oxygens (including phenoxy) is 1. The van der Waals surface area contributed by atoms with E-state index in [1.165, 1.54) is 7.11 Å². The summed E-state index contributed by atoms with van der Waals surface area (Å²) in [6.45, 7) is 0. The normalized spacial score (nSPS) is 23.8. The molecule has 1 saturated carbocycles. The molecule has 0 aromatic heterocycles. The van der Waals surface area contributed by atoms with Crippen molar-refractivity contribution in [3.05, 3.63) is 66.2 Å². The molecule has 0 saturated heterocycles. The van der Waals surface area contributed by atoms with Crippen molar-refractivity contribution in [1.29, 1.82) is 0 Å². The van der Waals surface area contributed by atoms with Crippen LogP contribution < -0.4 is 15.4 Å². The first-order valence-corrected chi connectivity index (χ1v) is 9.73. The summed E-state index contributed by atoms with van der Waals surface area (Å²) in [7, 11) is 1.54. The van der Waals surface area contributed by atoms with Gasteiger partial charge in [-0.15, -0.1) is 0 Å². The molecule has 2 aliphatic carbocycles. The summed E-state index contributed by atoms with van der Waals surface area (Å²) in [5.74, 6) is -2.24. The number of allylic oxidation sites excluding steroid dienone is 2. The average molecular weight is 406 g/mol. The Morgan fingerprint density at radius 2 is 1.57 bits per heavy atom. The van der Waals surface area contributed by atoms with Crippen LogP contribution in [-0.2, 0) is 9.59 Å². The van der Waals surface area contributed by atoms with Gasteiger partial charge in [0.2, 0.25) is 5.91 Å². The van der Waals surface area contributed by atoms with E-state index >= 15 is 0 Å². The Morgan fingerprint density at radius 3 is 2.20 bits per heavy atom. The molecular formula is C23H22N2O5. The lowest BCUT2D eigenvalue weighted by Gasteiger charge is -2.23. The second kappa shape index (κ2) is 8.02. The average Bonchev–Trinajstić information content (AvgIpc) is 3.37. The van der Waals surface area contributed by atoms with Crippen LogP contribution in [0.1, 0.15) is 16.8 Å². The van der Waals surface area contributed by atoms with Crippen LogP contribution in [0.5, 0.6) is 5.75 Å². The van der Waals surface area contributed by atoms with Gasteiger partial charge in [-0.25, -0.2) is 0 Å². The van der Waals surface area contributed by atoms with Gasteiger partial charge in [0.1, 0.15) is 5.75 Å². The summed E-state index contributed by atoms with van der Waals surface area (Å²) >= 11 is 0. The number of carbonyl (C=O) groups excluding carboxylic acids is 2. The van der Waals surface area contributed by atoms with E-state index < -0.39 is 17.8 Å². The van der Waals surface area contributed by atoms with E-state index in [2.05, 4.69) is 10.6 Å². The molecule has 2 aliphatic rings. The van der Waals surface area contributed by atoms with Gasteiger partial charge in [-0.05, 0) is 60.7 Å². The summed E-state index contributed by atoms with van der Waals surface area (Å²) in [6, 6.07) is 13.6. The smallest absolute Gasteiger partial charge is 0.307 e. The van der Waals surface area contributed by atoms with E-state index in [4.69, 9.17) is 4.74 Å². The fraction of sp³-hybridized carbons (Fsp3) is 0.261. The van der Waals surface area contributed by atoms with E-state index in [-0.39, 0.29) is 23.7 Å². The van der Waals surface area contributed by atoms with E-state index in [0.717, 1.165) is 0 Å². The Balaban J connectivity index is 1.40. The van der Waals surface area contributed by atoms with Crippen LogP contribution in [0, 0.1) is 23.7 Å². The van der Waals surface area contributed by atoms with Crippen molar-refractivity contribution < 1.29 is 24.2 Å². The van der Waals surface area contributed by atoms with Crippen LogP contribution in [0.2, 0.25) is 0 Å². The molecule has 2 amide bonds. The molecule has 0 aliphatic heterocycles. The highest BCUT2D eigenvalue weighted by Gasteiger charge is 2.51. The number of carboxylic acids is 1. The van der Waals surface area contributed by atoms with Gasteiger partial charge in [0.15, 0.2) is 0 Å².